The topological polar surface area (TPSA) is 105 Å². The molecule has 1 aliphatic rings. The van der Waals surface area contributed by atoms with Gasteiger partial charge >= 0.3 is 0 Å². The smallest absolute Gasteiger partial charge is 0.140 e. The predicted octanol–water partition coefficient (Wildman–Crippen LogP) is 3.90. The van der Waals surface area contributed by atoms with Crippen LogP contribution in [0.15, 0.2) is 30.6 Å². The molecule has 33 heavy (non-hydrogen) atoms. The molecule has 2 atom stereocenters. The van der Waals surface area contributed by atoms with E-state index < -0.39 is 0 Å². The molecule has 0 aliphatic carbocycles. The highest BCUT2D eigenvalue weighted by Gasteiger charge is 2.27. The first-order valence-electron chi connectivity index (χ1n) is 12.1. The van der Waals surface area contributed by atoms with Crippen molar-refractivity contribution in [2.24, 2.45) is 12.8 Å². The molecule has 3 aromatic rings. The van der Waals surface area contributed by atoms with Crippen LogP contribution in [0.25, 0.3) is 10.9 Å². The van der Waals surface area contributed by atoms with Crippen molar-refractivity contribution in [2.75, 3.05) is 36.4 Å². The Hall–Kier alpha value is -2.71. The Morgan fingerprint density at radius 2 is 2.03 bits per heavy atom. The molecule has 1 aliphatic heterocycles. The lowest BCUT2D eigenvalue weighted by Gasteiger charge is -2.25. The first-order chi connectivity index (χ1) is 16.0. The van der Waals surface area contributed by atoms with E-state index in [2.05, 4.69) is 46.3 Å². The van der Waals surface area contributed by atoms with Crippen LogP contribution in [0.1, 0.15) is 64.6 Å². The zero-order valence-electron chi connectivity index (χ0n) is 21.0. The van der Waals surface area contributed by atoms with Crippen molar-refractivity contribution in [3.05, 3.63) is 41.9 Å². The number of aromatic nitrogens is 4. The molecule has 0 aromatic carbocycles. The monoisotopic (exact) mass is 455 g/mol. The van der Waals surface area contributed by atoms with Crippen LogP contribution in [0.5, 0.6) is 0 Å². The number of nitrogens with one attached hydrogen (secondary N) is 1. The minimum Gasteiger partial charge on any atom is -0.393 e. The van der Waals surface area contributed by atoms with Crippen molar-refractivity contribution in [2.45, 2.75) is 59.5 Å². The Balaban J connectivity index is 0.000000714. The second kappa shape index (κ2) is 13.1. The van der Waals surface area contributed by atoms with Gasteiger partial charge in [0.05, 0.1) is 28.9 Å². The lowest BCUT2D eigenvalue weighted by atomic mass is 9.98. The van der Waals surface area contributed by atoms with E-state index in [4.69, 9.17) is 10.7 Å². The maximum Gasteiger partial charge on any atom is 0.140 e. The Kier molecular flexibility index (Phi) is 10.5. The van der Waals surface area contributed by atoms with Crippen molar-refractivity contribution in [1.29, 1.82) is 0 Å². The number of aryl methyl sites for hydroxylation is 1. The van der Waals surface area contributed by atoms with E-state index in [0.717, 1.165) is 40.3 Å². The number of anilines is 2. The van der Waals surface area contributed by atoms with Gasteiger partial charge in [0.15, 0.2) is 0 Å². The summed E-state index contributed by atoms with van der Waals surface area (Å²) in [6, 6.07) is 6.19. The number of aliphatic hydroxyl groups is 1. The summed E-state index contributed by atoms with van der Waals surface area (Å²) < 4.78 is 1.88. The third kappa shape index (κ3) is 6.42. The van der Waals surface area contributed by atoms with Gasteiger partial charge in [-0.05, 0) is 25.5 Å². The van der Waals surface area contributed by atoms with Gasteiger partial charge in [-0.1, -0.05) is 40.2 Å². The summed E-state index contributed by atoms with van der Waals surface area (Å²) >= 11 is 0. The van der Waals surface area contributed by atoms with E-state index in [-0.39, 0.29) is 12.0 Å². The number of hydrogen-bond donors (Lipinski definition) is 3. The van der Waals surface area contributed by atoms with Gasteiger partial charge < -0.3 is 21.1 Å². The zero-order valence-corrected chi connectivity index (χ0v) is 21.0. The summed E-state index contributed by atoms with van der Waals surface area (Å²) in [6.07, 6.45) is 5.20. The molecule has 0 bridgehead atoms. The second-order valence-corrected chi connectivity index (χ2v) is 8.07. The summed E-state index contributed by atoms with van der Waals surface area (Å²) in [5.41, 5.74) is 9.07. The van der Waals surface area contributed by atoms with Crippen LogP contribution < -0.4 is 16.0 Å². The highest BCUT2D eigenvalue weighted by molar-refractivity contribution is 5.90. The number of pyridine rings is 2. The molecule has 0 amide bonds. The lowest BCUT2D eigenvalue weighted by molar-refractivity contribution is 0.186. The molecule has 4 N–H and O–H groups in total. The molecule has 0 radical (unpaired) electrons. The Labute approximate surface area is 198 Å². The fraction of sp³-hybridized carbons (Fsp3) is 0.560. The third-order valence-corrected chi connectivity index (χ3v) is 5.31. The molecule has 8 heteroatoms. The van der Waals surface area contributed by atoms with Crippen molar-refractivity contribution >= 4 is 22.5 Å². The number of nitrogens with two attached hydrogens (primary N) is 1. The minimum atomic E-state index is -0.371. The molecule has 8 nitrogen and oxygen atoms in total. The van der Waals surface area contributed by atoms with E-state index in [9.17, 15) is 5.11 Å². The van der Waals surface area contributed by atoms with E-state index in [1.54, 1.807) is 13.1 Å². The maximum atomic E-state index is 9.76. The summed E-state index contributed by atoms with van der Waals surface area (Å²) in [4.78, 5) is 11.6. The van der Waals surface area contributed by atoms with Crippen molar-refractivity contribution in [3.63, 3.8) is 0 Å². The van der Waals surface area contributed by atoms with Gasteiger partial charge in [-0.2, -0.15) is 5.10 Å². The van der Waals surface area contributed by atoms with Crippen LogP contribution in [0.2, 0.25) is 0 Å². The predicted molar refractivity (Wildman–Crippen MR) is 138 cm³/mol. The fourth-order valence-corrected chi connectivity index (χ4v) is 3.81. The molecular weight excluding hydrogens is 414 g/mol. The molecular formula is C25H41N7O. The summed E-state index contributed by atoms with van der Waals surface area (Å²) in [5, 5.41) is 18.6. The zero-order chi connectivity index (χ0) is 24.4. The van der Waals surface area contributed by atoms with Crippen molar-refractivity contribution in [1.82, 2.24) is 19.7 Å². The Morgan fingerprint density at radius 3 is 2.70 bits per heavy atom. The van der Waals surface area contributed by atoms with Crippen LogP contribution in [0.3, 0.4) is 0 Å². The standard InChI is InChI=1S/C20H27N7O.C3H8.C2H6/c1-13(28)5-8-27(9-6-21)20-16-12-24-26(2)18(16)10-17(25-20)15-11-23-19-14(15)4-3-7-22-19;1-3-2;1-2/h3-4,7,10,12-13,15,28H,5-6,8-9,11,21H2,1-2H3,(H,22,23);3H2,1-2H3;1-2H3. The number of aliphatic hydroxyl groups excluding tert-OH is 1. The number of fused-ring (bicyclic) bond motifs is 2. The van der Waals surface area contributed by atoms with Gasteiger partial charge in [0.25, 0.3) is 0 Å². The molecule has 4 heterocycles. The summed E-state index contributed by atoms with van der Waals surface area (Å²) in [5.74, 6) is 1.94. The van der Waals surface area contributed by atoms with Gasteiger partial charge in [0.1, 0.15) is 11.6 Å². The number of rotatable bonds is 7. The van der Waals surface area contributed by atoms with Crippen LogP contribution >= 0.6 is 0 Å². The average Bonchev–Trinajstić information content (AvgIpc) is 3.42. The average molecular weight is 456 g/mol. The van der Waals surface area contributed by atoms with Crippen molar-refractivity contribution < 1.29 is 5.11 Å². The molecule has 4 rings (SSSR count). The van der Waals surface area contributed by atoms with Crippen LogP contribution in [0, 0.1) is 0 Å². The third-order valence-electron chi connectivity index (χ3n) is 5.31. The van der Waals surface area contributed by atoms with E-state index in [0.29, 0.717) is 26.1 Å². The second-order valence-electron chi connectivity index (χ2n) is 8.07. The van der Waals surface area contributed by atoms with Gasteiger partial charge in [0.2, 0.25) is 0 Å². The molecule has 182 valence electrons. The number of nitrogens with zero attached hydrogens (tertiary/aromatic N) is 5. The normalized spacial score (nSPS) is 15.0. The molecule has 2 unspecified atom stereocenters. The summed E-state index contributed by atoms with van der Waals surface area (Å²) in [6.45, 7) is 12.7. The highest BCUT2D eigenvalue weighted by atomic mass is 16.3. The van der Waals surface area contributed by atoms with E-state index in [1.807, 2.05) is 37.8 Å². The SMILES string of the molecule is CC.CC(O)CCN(CCN)c1nc(C2CNc3ncccc32)cc2c1cnn2C.CCC. The first-order valence-corrected chi connectivity index (χ1v) is 12.1. The molecule has 0 saturated carbocycles. The Bertz CT molecular complexity index is 986. The maximum absolute atomic E-state index is 9.76. The quantitative estimate of drug-likeness (QED) is 0.496. The minimum absolute atomic E-state index is 0.137. The largest absolute Gasteiger partial charge is 0.393 e. The van der Waals surface area contributed by atoms with Gasteiger partial charge in [-0.3, -0.25) is 4.68 Å². The van der Waals surface area contributed by atoms with Gasteiger partial charge in [-0.15, -0.1) is 0 Å². The van der Waals surface area contributed by atoms with Crippen LogP contribution in [-0.4, -0.2) is 57.1 Å². The van der Waals surface area contributed by atoms with Crippen LogP contribution in [-0.2, 0) is 7.05 Å². The first kappa shape index (κ1) is 26.5. The number of hydrogen-bond acceptors (Lipinski definition) is 7. The molecule has 3 aromatic heterocycles. The van der Waals surface area contributed by atoms with Gasteiger partial charge in [-0.25, -0.2) is 9.97 Å². The highest BCUT2D eigenvalue weighted by Crippen LogP contribution is 2.36. The van der Waals surface area contributed by atoms with E-state index in [1.165, 1.54) is 6.42 Å². The molecule has 0 saturated heterocycles. The Morgan fingerprint density at radius 1 is 1.30 bits per heavy atom. The summed E-state index contributed by atoms with van der Waals surface area (Å²) in [7, 11) is 1.95. The molecule has 0 fully saturated rings. The fourth-order valence-electron chi connectivity index (χ4n) is 3.81. The van der Waals surface area contributed by atoms with E-state index >= 15 is 0 Å². The van der Waals surface area contributed by atoms with Gasteiger partial charge in [0, 0.05) is 50.9 Å². The lowest BCUT2D eigenvalue weighted by Crippen LogP contribution is -2.33. The molecule has 0 spiro atoms. The van der Waals surface area contributed by atoms with Crippen LogP contribution in [0.4, 0.5) is 11.6 Å². The van der Waals surface area contributed by atoms with Crippen molar-refractivity contribution in [3.8, 4) is 0 Å².